The SMILES string of the molecule is CCNc1nc(NCC(C)C2CC2)nc(OC(C)C)n1. The predicted molar refractivity (Wildman–Crippen MR) is 80.1 cm³/mol. The number of rotatable bonds is 8. The third kappa shape index (κ3) is 4.51. The van der Waals surface area contributed by atoms with Crippen molar-refractivity contribution in [1.29, 1.82) is 0 Å². The van der Waals surface area contributed by atoms with Gasteiger partial charge in [0.2, 0.25) is 11.9 Å². The summed E-state index contributed by atoms with van der Waals surface area (Å²) >= 11 is 0. The Hall–Kier alpha value is -1.59. The molecule has 2 N–H and O–H groups in total. The van der Waals surface area contributed by atoms with Gasteiger partial charge >= 0.3 is 6.01 Å². The third-order valence-corrected chi connectivity index (χ3v) is 3.30. The van der Waals surface area contributed by atoms with Crippen LogP contribution in [0.15, 0.2) is 0 Å². The van der Waals surface area contributed by atoms with Gasteiger partial charge in [-0.1, -0.05) is 6.92 Å². The Balaban J connectivity index is 2.02. The van der Waals surface area contributed by atoms with Crippen molar-refractivity contribution >= 4 is 11.9 Å². The van der Waals surface area contributed by atoms with Gasteiger partial charge in [-0.25, -0.2) is 0 Å². The van der Waals surface area contributed by atoms with E-state index in [9.17, 15) is 0 Å². The average Bonchev–Trinajstić information content (AvgIpc) is 3.19. The van der Waals surface area contributed by atoms with E-state index in [0.29, 0.717) is 23.8 Å². The minimum absolute atomic E-state index is 0.0464. The second kappa shape index (κ2) is 6.72. The van der Waals surface area contributed by atoms with Crippen molar-refractivity contribution in [2.24, 2.45) is 11.8 Å². The van der Waals surface area contributed by atoms with Crippen LogP contribution >= 0.6 is 0 Å². The molecule has 1 aromatic heterocycles. The fourth-order valence-electron chi connectivity index (χ4n) is 2.02. The summed E-state index contributed by atoms with van der Waals surface area (Å²) in [5.74, 6) is 2.66. The molecule has 112 valence electrons. The van der Waals surface area contributed by atoms with Gasteiger partial charge in [-0.3, -0.25) is 0 Å². The molecule has 20 heavy (non-hydrogen) atoms. The van der Waals surface area contributed by atoms with Gasteiger partial charge in [0, 0.05) is 13.1 Å². The number of nitrogens with one attached hydrogen (secondary N) is 2. The molecule has 1 fully saturated rings. The molecule has 6 heteroatoms. The van der Waals surface area contributed by atoms with Crippen LogP contribution in [0, 0.1) is 11.8 Å². The van der Waals surface area contributed by atoms with Crippen molar-refractivity contribution in [3.05, 3.63) is 0 Å². The van der Waals surface area contributed by atoms with Gasteiger partial charge in [-0.15, -0.1) is 0 Å². The van der Waals surface area contributed by atoms with Gasteiger partial charge in [0.25, 0.3) is 0 Å². The number of nitrogens with zero attached hydrogens (tertiary/aromatic N) is 3. The Morgan fingerprint density at radius 1 is 1.10 bits per heavy atom. The Labute approximate surface area is 120 Å². The maximum absolute atomic E-state index is 5.57. The van der Waals surface area contributed by atoms with E-state index in [-0.39, 0.29) is 6.10 Å². The molecule has 1 atom stereocenters. The van der Waals surface area contributed by atoms with Crippen molar-refractivity contribution < 1.29 is 4.74 Å². The van der Waals surface area contributed by atoms with Gasteiger partial charge in [0.15, 0.2) is 0 Å². The van der Waals surface area contributed by atoms with Gasteiger partial charge < -0.3 is 15.4 Å². The number of anilines is 2. The van der Waals surface area contributed by atoms with Crippen LogP contribution in [0.1, 0.15) is 40.5 Å². The molecule has 1 aliphatic carbocycles. The summed E-state index contributed by atoms with van der Waals surface area (Å²) in [5.41, 5.74) is 0. The molecule has 1 heterocycles. The molecule has 0 aromatic carbocycles. The zero-order valence-electron chi connectivity index (χ0n) is 12.8. The molecule has 0 aliphatic heterocycles. The molecule has 0 spiro atoms. The summed E-state index contributed by atoms with van der Waals surface area (Å²) in [7, 11) is 0. The highest BCUT2D eigenvalue weighted by Gasteiger charge is 2.27. The lowest BCUT2D eigenvalue weighted by Gasteiger charge is -2.14. The van der Waals surface area contributed by atoms with Gasteiger partial charge in [-0.05, 0) is 45.4 Å². The summed E-state index contributed by atoms with van der Waals surface area (Å²) in [6, 6.07) is 0.368. The predicted octanol–water partition coefficient (Wildman–Crippen LogP) is 2.55. The van der Waals surface area contributed by atoms with Crippen molar-refractivity contribution in [2.75, 3.05) is 23.7 Å². The largest absolute Gasteiger partial charge is 0.461 e. The Bertz CT molecular complexity index is 434. The van der Waals surface area contributed by atoms with Crippen molar-refractivity contribution in [3.8, 4) is 6.01 Å². The van der Waals surface area contributed by atoms with E-state index in [1.165, 1.54) is 12.8 Å². The maximum Gasteiger partial charge on any atom is 0.323 e. The van der Waals surface area contributed by atoms with Crippen LogP contribution in [-0.4, -0.2) is 34.1 Å². The van der Waals surface area contributed by atoms with Gasteiger partial charge in [0.05, 0.1) is 6.10 Å². The molecular weight excluding hydrogens is 254 g/mol. The van der Waals surface area contributed by atoms with E-state index >= 15 is 0 Å². The van der Waals surface area contributed by atoms with E-state index in [1.54, 1.807) is 0 Å². The molecule has 0 saturated heterocycles. The Kier molecular flexibility index (Phi) is 4.98. The normalized spacial score (nSPS) is 16.1. The van der Waals surface area contributed by atoms with Crippen molar-refractivity contribution in [3.63, 3.8) is 0 Å². The van der Waals surface area contributed by atoms with Crippen molar-refractivity contribution in [1.82, 2.24) is 15.0 Å². The maximum atomic E-state index is 5.57. The minimum Gasteiger partial charge on any atom is -0.461 e. The second-order valence-electron chi connectivity index (χ2n) is 5.66. The highest BCUT2D eigenvalue weighted by Crippen LogP contribution is 2.36. The number of aromatic nitrogens is 3. The molecule has 6 nitrogen and oxygen atoms in total. The van der Waals surface area contributed by atoms with Crippen LogP contribution < -0.4 is 15.4 Å². The minimum atomic E-state index is 0.0464. The van der Waals surface area contributed by atoms with E-state index in [0.717, 1.165) is 19.0 Å². The van der Waals surface area contributed by atoms with E-state index in [4.69, 9.17) is 4.74 Å². The quantitative estimate of drug-likeness (QED) is 0.762. The van der Waals surface area contributed by atoms with Crippen LogP contribution in [0.5, 0.6) is 6.01 Å². The van der Waals surface area contributed by atoms with Crippen LogP contribution in [0.3, 0.4) is 0 Å². The molecule has 1 unspecified atom stereocenters. The second-order valence-corrected chi connectivity index (χ2v) is 5.66. The summed E-state index contributed by atoms with van der Waals surface area (Å²) in [6.45, 7) is 9.85. The number of hydrogen-bond donors (Lipinski definition) is 2. The Morgan fingerprint density at radius 2 is 1.75 bits per heavy atom. The third-order valence-electron chi connectivity index (χ3n) is 3.30. The van der Waals surface area contributed by atoms with Crippen molar-refractivity contribution in [2.45, 2.75) is 46.6 Å². The van der Waals surface area contributed by atoms with Crippen LogP contribution in [0.25, 0.3) is 0 Å². The fraction of sp³-hybridized carbons (Fsp3) is 0.786. The standard InChI is InChI=1S/C14H25N5O/c1-5-15-12-17-13(16-8-10(4)11-6-7-11)19-14(18-12)20-9(2)3/h9-11H,5-8H2,1-4H3,(H2,15,16,17,18,19). The molecular formula is C14H25N5O. The zero-order valence-corrected chi connectivity index (χ0v) is 12.8. The number of hydrogen-bond acceptors (Lipinski definition) is 6. The molecule has 1 aromatic rings. The molecule has 0 radical (unpaired) electrons. The smallest absolute Gasteiger partial charge is 0.323 e. The molecule has 0 bridgehead atoms. The summed E-state index contributed by atoms with van der Waals surface area (Å²) in [6.07, 6.45) is 2.75. The monoisotopic (exact) mass is 279 g/mol. The van der Waals surface area contributed by atoms with Crippen LogP contribution in [0.4, 0.5) is 11.9 Å². The first-order chi connectivity index (χ1) is 9.58. The first-order valence-corrected chi connectivity index (χ1v) is 7.49. The lowest BCUT2D eigenvalue weighted by molar-refractivity contribution is 0.222. The fourth-order valence-corrected chi connectivity index (χ4v) is 2.02. The number of ether oxygens (including phenoxy) is 1. The van der Waals surface area contributed by atoms with Crippen LogP contribution in [0.2, 0.25) is 0 Å². The van der Waals surface area contributed by atoms with Gasteiger partial charge in [0.1, 0.15) is 0 Å². The lowest BCUT2D eigenvalue weighted by atomic mass is 10.1. The van der Waals surface area contributed by atoms with Crippen LogP contribution in [-0.2, 0) is 0 Å². The molecule has 1 saturated carbocycles. The summed E-state index contributed by atoms with van der Waals surface area (Å²) in [4.78, 5) is 12.9. The molecule has 0 amide bonds. The highest BCUT2D eigenvalue weighted by atomic mass is 16.5. The molecule has 1 aliphatic rings. The van der Waals surface area contributed by atoms with Gasteiger partial charge in [-0.2, -0.15) is 15.0 Å². The van der Waals surface area contributed by atoms with E-state index < -0.39 is 0 Å². The first-order valence-electron chi connectivity index (χ1n) is 7.49. The van der Waals surface area contributed by atoms with E-state index in [1.807, 2.05) is 20.8 Å². The summed E-state index contributed by atoms with van der Waals surface area (Å²) in [5, 5.41) is 6.40. The average molecular weight is 279 g/mol. The summed E-state index contributed by atoms with van der Waals surface area (Å²) < 4.78 is 5.57. The topological polar surface area (TPSA) is 72.0 Å². The molecule has 2 rings (SSSR count). The zero-order chi connectivity index (χ0) is 14.5. The van der Waals surface area contributed by atoms with E-state index in [2.05, 4.69) is 32.5 Å². The highest BCUT2D eigenvalue weighted by molar-refractivity contribution is 5.35. The Morgan fingerprint density at radius 3 is 2.30 bits per heavy atom. The first kappa shape index (κ1) is 14.8. The lowest BCUT2D eigenvalue weighted by Crippen LogP contribution is -2.17.